The molecule has 1 unspecified atom stereocenters. The van der Waals surface area contributed by atoms with Crippen LogP contribution >= 0.6 is 0 Å². The van der Waals surface area contributed by atoms with Crippen molar-refractivity contribution in [1.29, 1.82) is 0 Å². The minimum Gasteiger partial charge on any atom is -0.492 e. The molecule has 8 heteroatoms. The van der Waals surface area contributed by atoms with Gasteiger partial charge in [-0.05, 0) is 40.6 Å². The second kappa shape index (κ2) is 10.3. The SMILES string of the molecule is O=C(NCCOc1ccc2ccccc2c1)C1CN(S(=O)(=O)Cc2ccccc2)c2ccccc2O1. The highest BCUT2D eigenvalue weighted by Crippen LogP contribution is 2.35. The van der Waals surface area contributed by atoms with E-state index >= 15 is 0 Å². The zero-order valence-electron chi connectivity index (χ0n) is 19.5. The molecule has 0 saturated heterocycles. The Bertz CT molecular complexity index is 1470. The summed E-state index contributed by atoms with van der Waals surface area (Å²) < 4.78 is 39.6. The molecule has 0 radical (unpaired) electrons. The van der Waals surface area contributed by atoms with Crippen LogP contribution in [-0.2, 0) is 20.6 Å². The van der Waals surface area contributed by atoms with Gasteiger partial charge in [-0.2, -0.15) is 0 Å². The Morgan fingerprint density at radius 2 is 1.64 bits per heavy atom. The van der Waals surface area contributed by atoms with Gasteiger partial charge in [0.05, 0.1) is 24.5 Å². The van der Waals surface area contributed by atoms with E-state index < -0.39 is 22.0 Å². The average molecular weight is 503 g/mol. The van der Waals surface area contributed by atoms with E-state index in [9.17, 15) is 13.2 Å². The Morgan fingerprint density at radius 3 is 2.47 bits per heavy atom. The Labute approximate surface area is 210 Å². The molecule has 7 nitrogen and oxygen atoms in total. The van der Waals surface area contributed by atoms with Gasteiger partial charge in [-0.15, -0.1) is 0 Å². The number of ether oxygens (including phenoxy) is 2. The van der Waals surface area contributed by atoms with Crippen LogP contribution in [0.3, 0.4) is 0 Å². The first-order valence-corrected chi connectivity index (χ1v) is 13.3. The van der Waals surface area contributed by atoms with E-state index in [4.69, 9.17) is 9.47 Å². The summed E-state index contributed by atoms with van der Waals surface area (Å²) in [4.78, 5) is 12.9. The number of carbonyl (C=O) groups is 1. The molecule has 0 spiro atoms. The lowest BCUT2D eigenvalue weighted by atomic mass is 10.1. The first kappa shape index (κ1) is 23.7. The smallest absolute Gasteiger partial charge is 0.263 e. The molecule has 1 heterocycles. The third-order valence-electron chi connectivity index (χ3n) is 5.95. The number of hydrogen-bond acceptors (Lipinski definition) is 5. The molecule has 1 aliphatic rings. The first-order valence-electron chi connectivity index (χ1n) is 11.7. The molecule has 5 rings (SSSR count). The molecule has 1 aliphatic heterocycles. The predicted octanol–water partition coefficient (Wildman–Crippen LogP) is 4.13. The van der Waals surface area contributed by atoms with Crippen LogP contribution in [0.2, 0.25) is 0 Å². The van der Waals surface area contributed by atoms with E-state index in [2.05, 4.69) is 5.32 Å². The number of benzene rings is 4. The van der Waals surface area contributed by atoms with Gasteiger partial charge in [-0.1, -0.05) is 72.8 Å². The first-order chi connectivity index (χ1) is 17.5. The molecule has 4 aromatic rings. The number of hydrogen-bond donors (Lipinski definition) is 1. The zero-order valence-corrected chi connectivity index (χ0v) is 20.4. The molecule has 1 N–H and O–H groups in total. The highest BCUT2D eigenvalue weighted by atomic mass is 32.2. The van der Waals surface area contributed by atoms with Crippen molar-refractivity contribution >= 4 is 32.4 Å². The maximum absolute atomic E-state index is 13.3. The number of para-hydroxylation sites is 2. The van der Waals surface area contributed by atoms with Crippen molar-refractivity contribution in [1.82, 2.24) is 5.32 Å². The van der Waals surface area contributed by atoms with Crippen LogP contribution in [0.25, 0.3) is 10.8 Å². The van der Waals surface area contributed by atoms with Crippen molar-refractivity contribution in [2.75, 3.05) is 24.0 Å². The highest BCUT2D eigenvalue weighted by molar-refractivity contribution is 7.92. The van der Waals surface area contributed by atoms with Gasteiger partial charge in [0, 0.05) is 0 Å². The second-order valence-electron chi connectivity index (χ2n) is 8.50. The van der Waals surface area contributed by atoms with Gasteiger partial charge in [-0.3, -0.25) is 9.10 Å². The topological polar surface area (TPSA) is 84.9 Å². The zero-order chi connectivity index (χ0) is 25.0. The second-order valence-corrected chi connectivity index (χ2v) is 10.4. The summed E-state index contributed by atoms with van der Waals surface area (Å²) in [6.07, 6.45) is -0.980. The van der Waals surface area contributed by atoms with Crippen molar-refractivity contribution in [3.63, 3.8) is 0 Å². The van der Waals surface area contributed by atoms with E-state index in [1.807, 2.05) is 48.5 Å². The van der Waals surface area contributed by atoms with Crippen molar-refractivity contribution in [3.05, 3.63) is 103 Å². The van der Waals surface area contributed by atoms with Crippen LogP contribution in [0.4, 0.5) is 5.69 Å². The third kappa shape index (κ3) is 5.28. The standard InChI is InChI=1S/C28H26N2O5S/c31-28(29-16-17-34-24-15-14-22-10-4-5-11-23(22)18-24)27-19-30(25-12-6-7-13-26(25)35-27)36(32,33)20-21-8-2-1-3-9-21/h1-15,18,27H,16-17,19-20H2,(H,29,31). The Balaban J connectivity index is 1.23. The predicted molar refractivity (Wildman–Crippen MR) is 140 cm³/mol. The fraction of sp³-hybridized carbons (Fsp3) is 0.179. The summed E-state index contributed by atoms with van der Waals surface area (Å²) in [5.41, 5.74) is 1.10. The Hall–Kier alpha value is -4.04. The Kier molecular flexibility index (Phi) is 6.77. The van der Waals surface area contributed by atoms with Gasteiger partial charge in [0.1, 0.15) is 18.1 Å². The van der Waals surface area contributed by atoms with Gasteiger partial charge >= 0.3 is 0 Å². The van der Waals surface area contributed by atoms with Crippen LogP contribution in [0.1, 0.15) is 5.56 Å². The highest BCUT2D eigenvalue weighted by Gasteiger charge is 2.36. The van der Waals surface area contributed by atoms with Crippen LogP contribution in [0.5, 0.6) is 11.5 Å². The van der Waals surface area contributed by atoms with E-state index in [0.29, 0.717) is 22.7 Å². The minimum absolute atomic E-state index is 0.108. The molecule has 1 amide bonds. The number of nitrogens with zero attached hydrogens (tertiary/aromatic N) is 1. The molecule has 0 aromatic heterocycles. The quantitative estimate of drug-likeness (QED) is 0.366. The van der Waals surface area contributed by atoms with Crippen LogP contribution in [0.15, 0.2) is 97.1 Å². The number of fused-ring (bicyclic) bond motifs is 2. The number of rotatable bonds is 8. The molecule has 0 fully saturated rings. The molecule has 0 aliphatic carbocycles. The Morgan fingerprint density at radius 1 is 0.917 bits per heavy atom. The summed E-state index contributed by atoms with van der Waals surface area (Å²) in [5, 5.41) is 5.00. The monoisotopic (exact) mass is 502 g/mol. The van der Waals surface area contributed by atoms with Crippen LogP contribution < -0.4 is 19.1 Å². The number of anilines is 1. The van der Waals surface area contributed by atoms with Crippen LogP contribution in [-0.4, -0.2) is 40.1 Å². The normalized spacial score (nSPS) is 15.1. The minimum atomic E-state index is -3.75. The molecule has 0 bridgehead atoms. The number of sulfonamides is 1. The van der Waals surface area contributed by atoms with Gasteiger partial charge < -0.3 is 14.8 Å². The van der Waals surface area contributed by atoms with Crippen molar-refractivity contribution in [3.8, 4) is 11.5 Å². The number of nitrogens with one attached hydrogen (secondary N) is 1. The van der Waals surface area contributed by atoms with Crippen molar-refractivity contribution in [2.45, 2.75) is 11.9 Å². The molecular formula is C28H26N2O5S. The fourth-order valence-corrected chi connectivity index (χ4v) is 5.76. The van der Waals surface area contributed by atoms with Crippen molar-refractivity contribution in [2.24, 2.45) is 0 Å². The van der Waals surface area contributed by atoms with Gasteiger partial charge in [0.2, 0.25) is 10.0 Å². The summed E-state index contributed by atoms with van der Waals surface area (Å²) in [6, 6.07) is 29.7. The average Bonchev–Trinajstić information content (AvgIpc) is 2.90. The fourth-order valence-electron chi connectivity index (χ4n) is 4.18. The van der Waals surface area contributed by atoms with Gasteiger partial charge in [0.25, 0.3) is 5.91 Å². The van der Waals surface area contributed by atoms with E-state index in [1.54, 1.807) is 48.5 Å². The number of amides is 1. The van der Waals surface area contributed by atoms with E-state index in [-0.39, 0.29) is 25.4 Å². The van der Waals surface area contributed by atoms with Crippen LogP contribution in [0, 0.1) is 0 Å². The molecule has 0 saturated carbocycles. The molecule has 4 aromatic carbocycles. The lowest BCUT2D eigenvalue weighted by Gasteiger charge is -2.34. The molecule has 1 atom stereocenters. The van der Waals surface area contributed by atoms with E-state index in [0.717, 1.165) is 10.8 Å². The summed E-state index contributed by atoms with van der Waals surface area (Å²) in [6.45, 7) is 0.414. The lowest BCUT2D eigenvalue weighted by Crippen LogP contribution is -2.51. The lowest BCUT2D eigenvalue weighted by molar-refractivity contribution is -0.127. The maximum atomic E-state index is 13.3. The maximum Gasteiger partial charge on any atom is 0.263 e. The molecular weight excluding hydrogens is 476 g/mol. The molecule has 184 valence electrons. The summed E-state index contributed by atoms with van der Waals surface area (Å²) in [7, 11) is -3.75. The van der Waals surface area contributed by atoms with E-state index in [1.165, 1.54) is 4.31 Å². The van der Waals surface area contributed by atoms with Gasteiger partial charge in [-0.25, -0.2) is 8.42 Å². The largest absolute Gasteiger partial charge is 0.492 e. The summed E-state index contributed by atoms with van der Waals surface area (Å²) >= 11 is 0. The molecule has 36 heavy (non-hydrogen) atoms. The summed E-state index contributed by atoms with van der Waals surface area (Å²) in [5.74, 6) is 0.499. The third-order valence-corrected chi connectivity index (χ3v) is 7.66. The van der Waals surface area contributed by atoms with Gasteiger partial charge in [0.15, 0.2) is 6.10 Å². The van der Waals surface area contributed by atoms with Crippen molar-refractivity contribution < 1.29 is 22.7 Å². The number of carbonyl (C=O) groups excluding carboxylic acids is 1.